The Morgan fingerprint density at radius 2 is 2.30 bits per heavy atom. The molecule has 2 N–H and O–H groups in total. The maximum absolute atomic E-state index is 8.36. The zero-order chi connectivity index (χ0) is 7.82. The van der Waals surface area contributed by atoms with Gasteiger partial charge < -0.3 is 9.84 Å². The van der Waals surface area contributed by atoms with Gasteiger partial charge in [-0.15, -0.1) is 0 Å². The zero-order valence-electron chi connectivity index (χ0n) is 5.97. The molecule has 10 heavy (non-hydrogen) atoms. The molecule has 0 bridgehead atoms. The monoisotopic (exact) mass is 143 g/mol. The molecule has 0 rings (SSSR count). The molecular weight excluding hydrogens is 130 g/mol. The van der Waals surface area contributed by atoms with Crippen LogP contribution in [0.3, 0.4) is 0 Å². The Labute approximate surface area is 60.8 Å². The first-order valence-electron chi connectivity index (χ1n) is 3.26. The predicted octanol–water partition coefficient (Wildman–Crippen LogP) is 0.939. The topological polar surface area (TPSA) is 53.3 Å². The third-order valence-electron chi connectivity index (χ3n) is 0.995. The standard InChI is InChI=1S/C7H13NO2/c1-2-7(8)10-6-4-3-5-9/h2,8-9H,1,3-6H2. The van der Waals surface area contributed by atoms with E-state index in [4.69, 9.17) is 15.3 Å². The van der Waals surface area contributed by atoms with Crippen molar-refractivity contribution in [1.29, 1.82) is 5.41 Å². The minimum absolute atomic E-state index is 0.0953. The number of rotatable bonds is 5. The lowest BCUT2D eigenvalue weighted by Crippen LogP contribution is -2.01. The van der Waals surface area contributed by atoms with Crippen LogP contribution in [0.15, 0.2) is 12.7 Å². The number of hydrogen-bond acceptors (Lipinski definition) is 3. The molecule has 0 aliphatic heterocycles. The lowest BCUT2D eigenvalue weighted by atomic mass is 10.3. The molecule has 0 fully saturated rings. The Bertz CT molecular complexity index is 112. The van der Waals surface area contributed by atoms with Crippen molar-refractivity contribution < 1.29 is 9.84 Å². The Morgan fingerprint density at radius 1 is 1.60 bits per heavy atom. The van der Waals surface area contributed by atoms with Crippen LogP contribution in [0.4, 0.5) is 0 Å². The smallest absolute Gasteiger partial charge is 0.205 e. The van der Waals surface area contributed by atoms with Gasteiger partial charge in [0.25, 0.3) is 0 Å². The van der Waals surface area contributed by atoms with Gasteiger partial charge in [-0.3, -0.25) is 5.41 Å². The molecule has 0 amide bonds. The van der Waals surface area contributed by atoms with Gasteiger partial charge in [-0.1, -0.05) is 6.58 Å². The van der Waals surface area contributed by atoms with E-state index in [1.165, 1.54) is 6.08 Å². The molecule has 0 aromatic heterocycles. The van der Waals surface area contributed by atoms with Crippen LogP contribution in [-0.4, -0.2) is 24.2 Å². The molecule has 0 aromatic rings. The lowest BCUT2D eigenvalue weighted by molar-refractivity contribution is 0.248. The molecule has 3 heteroatoms. The van der Waals surface area contributed by atoms with E-state index in [1.807, 2.05) is 0 Å². The van der Waals surface area contributed by atoms with Gasteiger partial charge in [0.15, 0.2) is 0 Å². The Morgan fingerprint density at radius 3 is 2.80 bits per heavy atom. The quantitative estimate of drug-likeness (QED) is 0.342. The molecular formula is C7H13NO2. The highest BCUT2D eigenvalue weighted by Crippen LogP contribution is 1.89. The largest absolute Gasteiger partial charge is 0.478 e. The number of ether oxygens (including phenoxy) is 1. The van der Waals surface area contributed by atoms with E-state index in [9.17, 15) is 0 Å². The van der Waals surface area contributed by atoms with Crippen LogP contribution in [0.25, 0.3) is 0 Å². The van der Waals surface area contributed by atoms with E-state index in [1.54, 1.807) is 0 Å². The summed E-state index contributed by atoms with van der Waals surface area (Å²) in [6.07, 6.45) is 2.86. The van der Waals surface area contributed by atoms with Crippen molar-refractivity contribution in [2.24, 2.45) is 0 Å². The van der Waals surface area contributed by atoms with Crippen molar-refractivity contribution >= 4 is 5.90 Å². The van der Waals surface area contributed by atoms with Crippen LogP contribution in [0, 0.1) is 5.41 Å². The van der Waals surface area contributed by atoms with Crippen LogP contribution in [0.2, 0.25) is 0 Å². The third-order valence-corrected chi connectivity index (χ3v) is 0.995. The van der Waals surface area contributed by atoms with Gasteiger partial charge in [-0.2, -0.15) is 0 Å². The number of aliphatic hydroxyl groups is 1. The summed E-state index contributed by atoms with van der Waals surface area (Å²) in [5, 5.41) is 15.3. The van der Waals surface area contributed by atoms with Crippen molar-refractivity contribution in [2.75, 3.05) is 13.2 Å². The summed E-state index contributed by atoms with van der Waals surface area (Å²) >= 11 is 0. The average Bonchev–Trinajstić information content (AvgIpc) is 1.98. The summed E-state index contributed by atoms with van der Waals surface area (Å²) in [5.41, 5.74) is 0. The molecule has 58 valence electrons. The van der Waals surface area contributed by atoms with Crippen molar-refractivity contribution in [1.82, 2.24) is 0 Å². The van der Waals surface area contributed by atoms with Gasteiger partial charge in [0.1, 0.15) is 0 Å². The van der Waals surface area contributed by atoms with Crippen LogP contribution in [0.5, 0.6) is 0 Å². The maximum atomic E-state index is 8.36. The number of aliphatic hydroxyl groups excluding tert-OH is 1. The molecule has 0 spiro atoms. The minimum atomic E-state index is 0.0953. The number of nitrogens with one attached hydrogen (secondary N) is 1. The second-order valence-electron chi connectivity index (χ2n) is 1.85. The van der Waals surface area contributed by atoms with Crippen molar-refractivity contribution in [3.8, 4) is 0 Å². The highest BCUT2D eigenvalue weighted by Gasteiger charge is 1.89. The minimum Gasteiger partial charge on any atom is -0.478 e. The summed E-state index contributed by atoms with van der Waals surface area (Å²) < 4.78 is 4.85. The van der Waals surface area contributed by atoms with Gasteiger partial charge in [-0.25, -0.2) is 0 Å². The normalized spacial score (nSPS) is 8.90. The highest BCUT2D eigenvalue weighted by molar-refractivity contribution is 5.83. The molecule has 0 unspecified atom stereocenters. The Kier molecular flexibility index (Phi) is 5.77. The number of unbranched alkanes of at least 4 members (excludes halogenated alkanes) is 1. The zero-order valence-corrected chi connectivity index (χ0v) is 5.97. The molecule has 0 saturated carbocycles. The highest BCUT2D eigenvalue weighted by atomic mass is 16.5. The molecule has 3 nitrogen and oxygen atoms in total. The van der Waals surface area contributed by atoms with E-state index in [0.29, 0.717) is 6.61 Å². The Hall–Kier alpha value is -0.830. The van der Waals surface area contributed by atoms with Gasteiger partial charge in [0, 0.05) is 6.61 Å². The van der Waals surface area contributed by atoms with Crippen LogP contribution < -0.4 is 0 Å². The first kappa shape index (κ1) is 9.17. The molecule has 0 radical (unpaired) electrons. The molecule has 0 saturated heterocycles. The predicted molar refractivity (Wildman–Crippen MR) is 40.2 cm³/mol. The lowest BCUT2D eigenvalue weighted by Gasteiger charge is -2.01. The summed E-state index contributed by atoms with van der Waals surface area (Å²) in [6, 6.07) is 0. The molecule has 0 atom stereocenters. The van der Waals surface area contributed by atoms with Crippen molar-refractivity contribution in [3.05, 3.63) is 12.7 Å². The van der Waals surface area contributed by atoms with Crippen LogP contribution >= 0.6 is 0 Å². The fraction of sp³-hybridized carbons (Fsp3) is 0.571. The average molecular weight is 143 g/mol. The van der Waals surface area contributed by atoms with Gasteiger partial charge in [0.2, 0.25) is 5.90 Å². The first-order valence-corrected chi connectivity index (χ1v) is 3.26. The molecule has 0 heterocycles. The van der Waals surface area contributed by atoms with Gasteiger partial charge in [-0.05, 0) is 18.9 Å². The third kappa shape index (κ3) is 5.31. The summed E-state index contributed by atoms with van der Waals surface area (Å²) in [6.45, 7) is 4.04. The maximum Gasteiger partial charge on any atom is 0.205 e. The van der Waals surface area contributed by atoms with Crippen molar-refractivity contribution in [3.63, 3.8) is 0 Å². The van der Waals surface area contributed by atoms with Crippen LogP contribution in [-0.2, 0) is 4.74 Å². The van der Waals surface area contributed by atoms with Gasteiger partial charge in [0.05, 0.1) is 6.61 Å². The molecule has 0 aliphatic carbocycles. The Balaban J connectivity index is 3.03. The van der Waals surface area contributed by atoms with E-state index in [0.717, 1.165) is 12.8 Å². The van der Waals surface area contributed by atoms with E-state index in [2.05, 4.69) is 6.58 Å². The number of hydrogen-bond donors (Lipinski definition) is 2. The molecule has 0 aliphatic rings. The van der Waals surface area contributed by atoms with E-state index >= 15 is 0 Å². The molecule has 0 aromatic carbocycles. The second kappa shape index (κ2) is 6.29. The summed E-state index contributed by atoms with van der Waals surface area (Å²) in [4.78, 5) is 0. The van der Waals surface area contributed by atoms with Crippen LogP contribution in [0.1, 0.15) is 12.8 Å². The summed E-state index contributed by atoms with van der Waals surface area (Å²) in [5.74, 6) is 0.0953. The fourth-order valence-corrected chi connectivity index (χ4v) is 0.455. The first-order chi connectivity index (χ1) is 4.81. The van der Waals surface area contributed by atoms with Crippen molar-refractivity contribution in [2.45, 2.75) is 12.8 Å². The summed E-state index contributed by atoms with van der Waals surface area (Å²) in [7, 11) is 0. The fourth-order valence-electron chi connectivity index (χ4n) is 0.455. The second-order valence-corrected chi connectivity index (χ2v) is 1.85. The van der Waals surface area contributed by atoms with Gasteiger partial charge >= 0.3 is 0 Å². The van der Waals surface area contributed by atoms with E-state index in [-0.39, 0.29) is 12.5 Å². The SMILES string of the molecule is C=CC(=N)OCCCCO. The van der Waals surface area contributed by atoms with E-state index < -0.39 is 0 Å².